The molecule has 0 aromatic rings. The third-order valence-corrected chi connectivity index (χ3v) is 2.59. The van der Waals surface area contributed by atoms with E-state index in [1.807, 2.05) is 0 Å². The summed E-state index contributed by atoms with van der Waals surface area (Å²) in [5.74, 6) is 0.0321. The minimum atomic E-state index is -0.733. The minimum Gasteiger partial charge on any atom is -0.481 e. The molecule has 0 saturated carbocycles. The van der Waals surface area contributed by atoms with E-state index in [-0.39, 0.29) is 6.42 Å². The van der Waals surface area contributed by atoms with Crippen molar-refractivity contribution in [1.29, 1.82) is 0 Å². The molecule has 1 heterocycles. The normalized spacial score (nSPS) is 18.3. The Kier molecular flexibility index (Phi) is 5.56. The van der Waals surface area contributed by atoms with E-state index in [2.05, 4.69) is 5.32 Å². The molecule has 0 bridgehead atoms. The van der Waals surface area contributed by atoms with Crippen LogP contribution in [0.25, 0.3) is 0 Å². The topological polar surface area (TPSA) is 58.6 Å². The molecule has 0 atom stereocenters. The number of hydrogen-bond acceptors (Lipinski definition) is 3. The van der Waals surface area contributed by atoms with Gasteiger partial charge in [0.05, 0.1) is 6.42 Å². The summed E-state index contributed by atoms with van der Waals surface area (Å²) in [4.78, 5) is 10.2. The molecule has 0 aromatic heterocycles. The lowest BCUT2D eigenvalue weighted by molar-refractivity contribution is -0.136. The number of nitrogens with one attached hydrogen (secondary N) is 1. The highest BCUT2D eigenvalue weighted by Crippen LogP contribution is 2.17. The summed E-state index contributed by atoms with van der Waals surface area (Å²) in [5, 5.41) is 11.5. The Hall–Kier alpha value is -0.610. The summed E-state index contributed by atoms with van der Waals surface area (Å²) in [6, 6.07) is 0. The van der Waals surface area contributed by atoms with E-state index in [0.29, 0.717) is 6.54 Å². The fourth-order valence-electron chi connectivity index (χ4n) is 1.66. The summed E-state index contributed by atoms with van der Waals surface area (Å²) in [6.45, 7) is 3.29. The first-order valence-corrected chi connectivity index (χ1v) is 5.29. The van der Waals surface area contributed by atoms with Crippen molar-refractivity contribution in [1.82, 2.24) is 5.32 Å². The predicted octanol–water partition coefficient (Wildman–Crippen LogP) is 0.867. The summed E-state index contributed by atoms with van der Waals surface area (Å²) in [6.07, 6.45) is 3.66. The highest BCUT2D eigenvalue weighted by molar-refractivity contribution is 5.66. The van der Waals surface area contributed by atoms with E-state index in [4.69, 9.17) is 9.84 Å². The molecule has 2 N–H and O–H groups in total. The molecule has 1 aliphatic rings. The Bertz CT molecular complexity index is 167. The third-order valence-electron chi connectivity index (χ3n) is 2.59. The lowest BCUT2D eigenvalue weighted by atomic mass is 9.97. The molecule has 0 amide bonds. The van der Waals surface area contributed by atoms with Crippen molar-refractivity contribution in [2.75, 3.05) is 26.3 Å². The van der Waals surface area contributed by atoms with Crippen LogP contribution in [0.2, 0.25) is 0 Å². The van der Waals surface area contributed by atoms with Gasteiger partial charge in [-0.3, -0.25) is 4.79 Å². The van der Waals surface area contributed by atoms with Crippen LogP contribution in [0, 0.1) is 5.92 Å². The van der Waals surface area contributed by atoms with E-state index in [1.54, 1.807) is 0 Å². The Labute approximate surface area is 84.6 Å². The van der Waals surface area contributed by atoms with Crippen LogP contribution in [0.4, 0.5) is 0 Å². The van der Waals surface area contributed by atoms with Crippen molar-refractivity contribution in [3.05, 3.63) is 0 Å². The molecule has 0 spiro atoms. The Morgan fingerprint density at radius 1 is 1.36 bits per heavy atom. The largest absolute Gasteiger partial charge is 0.481 e. The van der Waals surface area contributed by atoms with E-state index in [9.17, 15) is 4.79 Å². The average Bonchev–Trinajstić information content (AvgIpc) is 2.18. The zero-order chi connectivity index (χ0) is 10.2. The summed E-state index contributed by atoms with van der Waals surface area (Å²) in [7, 11) is 0. The summed E-state index contributed by atoms with van der Waals surface area (Å²) >= 11 is 0. The van der Waals surface area contributed by atoms with Gasteiger partial charge in [0, 0.05) is 19.8 Å². The van der Waals surface area contributed by atoms with Gasteiger partial charge in [0.2, 0.25) is 0 Å². The van der Waals surface area contributed by atoms with Crippen molar-refractivity contribution in [3.8, 4) is 0 Å². The number of hydrogen-bond donors (Lipinski definition) is 2. The molecular formula is C10H19NO3. The number of carbonyl (C=O) groups is 1. The average molecular weight is 201 g/mol. The fraction of sp³-hybridized carbons (Fsp3) is 0.900. The van der Waals surface area contributed by atoms with Gasteiger partial charge >= 0.3 is 5.97 Å². The Morgan fingerprint density at radius 2 is 2.07 bits per heavy atom. The Balaban J connectivity index is 1.90. The van der Waals surface area contributed by atoms with Crippen LogP contribution in [0.5, 0.6) is 0 Å². The number of carboxylic acids is 1. The first-order valence-electron chi connectivity index (χ1n) is 5.29. The smallest absolute Gasteiger partial charge is 0.304 e. The lowest BCUT2D eigenvalue weighted by Crippen LogP contribution is -2.24. The second-order valence-corrected chi connectivity index (χ2v) is 3.74. The second-order valence-electron chi connectivity index (χ2n) is 3.74. The second kappa shape index (κ2) is 6.79. The van der Waals surface area contributed by atoms with Crippen LogP contribution in [0.1, 0.15) is 25.7 Å². The highest BCUT2D eigenvalue weighted by atomic mass is 16.5. The number of rotatable bonds is 6. The van der Waals surface area contributed by atoms with E-state index in [1.165, 1.54) is 0 Å². The minimum absolute atomic E-state index is 0.216. The molecule has 0 aliphatic carbocycles. The standard InChI is InChI=1S/C10H19NO3/c12-10(13)2-6-11-5-1-9-3-7-14-8-4-9/h9,11H,1-8H2,(H,12,13). The number of carboxylic acid groups (broad SMARTS) is 1. The quantitative estimate of drug-likeness (QED) is 0.626. The van der Waals surface area contributed by atoms with Gasteiger partial charge in [-0.15, -0.1) is 0 Å². The van der Waals surface area contributed by atoms with Gasteiger partial charge in [-0.1, -0.05) is 0 Å². The molecule has 4 heteroatoms. The van der Waals surface area contributed by atoms with Crippen LogP contribution >= 0.6 is 0 Å². The lowest BCUT2D eigenvalue weighted by Gasteiger charge is -2.21. The van der Waals surface area contributed by atoms with Crippen LogP contribution in [-0.4, -0.2) is 37.4 Å². The van der Waals surface area contributed by atoms with Crippen LogP contribution in [0.15, 0.2) is 0 Å². The maximum Gasteiger partial charge on any atom is 0.304 e. The monoisotopic (exact) mass is 201 g/mol. The van der Waals surface area contributed by atoms with Crippen molar-refractivity contribution >= 4 is 5.97 Å². The molecule has 0 aromatic carbocycles. The molecule has 82 valence electrons. The third kappa shape index (κ3) is 5.19. The first-order chi connectivity index (χ1) is 6.79. The zero-order valence-electron chi connectivity index (χ0n) is 8.50. The van der Waals surface area contributed by atoms with Crippen LogP contribution in [-0.2, 0) is 9.53 Å². The van der Waals surface area contributed by atoms with Crippen molar-refractivity contribution in [2.45, 2.75) is 25.7 Å². The molecule has 0 radical (unpaired) electrons. The van der Waals surface area contributed by atoms with E-state index >= 15 is 0 Å². The van der Waals surface area contributed by atoms with Crippen molar-refractivity contribution < 1.29 is 14.6 Å². The molecule has 14 heavy (non-hydrogen) atoms. The van der Waals surface area contributed by atoms with Gasteiger partial charge in [-0.05, 0) is 31.7 Å². The molecular weight excluding hydrogens is 182 g/mol. The zero-order valence-corrected chi connectivity index (χ0v) is 8.50. The first kappa shape index (κ1) is 11.5. The van der Waals surface area contributed by atoms with Gasteiger partial charge in [-0.2, -0.15) is 0 Å². The summed E-state index contributed by atoms with van der Waals surface area (Å²) in [5.41, 5.74) is 0. The van der Waals surface area contributed by atoms with Gasteiger partial charge in [-0.25, -0.2) is 0 Å². The van der Waals surface area contributed by atoms with Crippen LogP contribution < -0.4 is 5.32 Å². The van der Waals surface area contributed by atoms with Crippen LogP contribution in [0.3, 0.4) is 0 Å². The van der Waals surface area contributed by atoms with E-state index in [0.717, 1.165) is 44.9 Å². The van der Waals surface area contributed by atoms with Gasteiger partial charge in [0.1, 0.15) is 0 Å². The van der Waals surface area contributed by atoms with Crippen molar-refractivity contribution in [3.63, 3.8) is 0 Å². The molecule has 1 fully saturated rings. The van der Waals surface area contributed by atoms with Crippen molar-refractivity contribution in [2.24, 2.45) is 5.92 Å². The SMILES string of the molecule is O=C(O)CCNCCC1CCOCC1. The summed E-state index contributed by atoms with van der Waals surface area (Å²) < 4.78 is 5.26. The highest BCUT2D eigenvalue weighted by Gasteiger charge is 2.12. The van der Waals surface area contributed by atoms with Gasteiger partial charge in [0.15, 0.2) is 0 Å². The number of ether oxygens (including phenoxy) is 1. The number of aliphatic carboxylic acids is 1. The maximum atomic E-state index is 10.2. The molecule has 1 rings (SSSR count). The van der Waals surface area contributed by atoms with Gasteiger partial charge in [0.25, 0.3) is 0 Å². The maximum absolute atomic E-state index is 10.2. The predicted molar refractivity (Wildman–Crippen MR) is 53.3 cm³/mol. The van der Waals surface area contributed by atoms with E-state index < -0.39 is 5.97 Å². The molecule has 1 aliphatic heterocycles. The fourth-order valence-corrected chi connectivity index (χ4v) is 1.66. The molecule has 1 saturated heterocycles. The molecule has 4 nitrogen and oxygen atoms in total. The molecule has 0 unspecified atom stereocenters. The Morgan fingerprint density at radius 3 is 2.71 bits per heavy atom. The van der Waals surface area contributed by atoms with Gasteiger partial charge < -0.3 is 15.2 Å².